The number of halogens is 3. The van der Waals surface area contributed by atoms with Gasteiger partial charge in [0.15, 0.2) is 0 Å². The molecule has 106 valence electrons. The van der Waals surface area contributed by atoms with Crippen LogP contribution in [0.25, 0.3) is 0 Å². The molecule has 1 fully saturated rings. The van der Waals surface area contributed by atoms with Crippen molar-refractivity contribution in [2.45, 2.75) is 45.0 Å². The molecule has 2 nitrogen and oxygen atoms in total. The Morgan fingerprint density at radius 3 is 2.42 bits per heavy atom. The van der Waals surface area contributed by atoms with E-state index in [4.69, 9.17) is 0 Å². The van der Waals surface area contributed by atoms with Crippen molar-refractivity contribution in [2.75, 3.05) is 5.32 Å². The third-order valence-electron chi connectivity index (χ3n) is 3.40. The Morgan fingerprint density at radius 2 is 1.84 bits per heavy atom. The van der Waals surface area contributed by atoms with Crippen LogP contribution in [0.4, 0.5) is 18.9 Å². The molecule has 2 unspecified atom stereocenters. The smallest absolute Gasteiger partial charge is 0.406 e. The van der Waals surface area contributed by atoms with Gasteiger partial charge in [0.2, 0.25) is 0 Å². The second-order valence-electron chi connectivity index (χ2n) is 5.19. The van der Waals surface area contributed by atoms with Gasteiger partial charge in [-0.15, -0.1) is 13.2 Å². The maximum atomic E-state index is 12.0. The summed E-state index contributed by atoms with van der Waals surface area (Å²) in [7, 11) is 0. The molecule has 0 heterocycles. The Labute approximate surface area is 111 Å². The highest BCUT2D eigenvalue weighted by atomic mass is 19.4. The van der Waals surface area contributed by atoms with E-state index in [0.717, 1.165) is 18.5 Å². The van der Waals surface area contributed by atoms with Gasteiger partial charge in [0.1, 0.15) is 5.75 Å². The van der Waals surface area contributed by atoms with Crippen molar-refractivity contribution in [1.82, 2.24) is 0 Å². The first-order valence-corrected chi connectivity index (χ1v) is 6.55. The van der Waals surface area contributed by atoms with Crippen molar-refractivity contribution in [2.24, 2.45) is 5.92 Å². The fraction of sp³-hybridized carbons (Fsp3) is 0.571. The van der Waals surface area contributed by atoms with E-state index < -0.39 is 6.36 Å². The van der Waals surface area contributed by atoms with Crippen molar-refractivity contribution in [1.29, 1.82) is 0 Å². The van der Waals surface area contributed by atoms with Gasteiger partial charge in [0, 0.05) is 11.7 Å². The fourth-order valence-electron chi connectivity index (χ4n) is 2.55. The van der Waals surface area contributed by atoms with E-state index in [1.807, 2.05) is 0 Å². The van der Waals surface area contributed by atoms with Crippen molar-refractivity contribution >= 4 is 5.69 Å². The number of alkyl halides is 3. The van der Waals surface area contributed by atoms with Gasteiger partial charge in [0.05, 0.1) is 0 Å². The number of hydrogen-bond donors (Lipinski definition) is 1. The zero-order valence-corrected chi connectivity index (χ0v) is 10.8. The summed E-state index contributed by atoms with van der Waals surface area (Å²) in [6, 6.07) is 6.34. The minimum absolute atomic E-state index is 0.185. The molecule has 0 aliphatic heterocycles. The summed E-state index contributed by atoms with van der Waals surface area (Å²) in [5, 5.41) is 3.36. The van der Waals surface area contributed by atoms with E-state index in [1.165, 1.54) is 25.0 Å². The maximum absolute atomic E-state index is 12.0. The lowest BCUT2D eigenvalue weighted by Gasteiger charge is -2.28. The van der Waals surface area contributed by atoms with E-state index in [9.17, 15) is 13.2 Å². The largest absolute Gasteiger partial charge is 0.573 e. The minimum Gasteiger partial charge on any atom is -0.406 e. The van der Waals surface area contributed by atoms with Gasteiger partial charge < -0.3 is 10.1 Å². The van der Waals surface area contributed by atoms with Gasteiger partial charge in [-0.1, -0.05) is 19.8 Å². The monoisotopic (exact) mass is 273 g/mol. The number of anilines is 1. The summed E-state index contributed by atoms with van der Waals surface area (Å²) in [4.78, 5) is 0. The molecule has 1 aliphatic rings. The molecule has 5 heteroatoms. The molecule has 1 aromatic rings. The summed E-state index contributed by atoms with van der Waals surface area (Å²) < 4.78 is 39.9. The molecule has 0 amide bonds. The van der Waals surface area contributed by atoms with Gasteiger partial charge in [-0.25, -0.2) is 0 Å². The molecule has 0 bridgehead atoms. The molecule has 19 heavy (non-hydrogen) atoms. The highest BCUT2D eigenvalue weighted by Crippen LogP contribution is 2.28. The van der Waals surface area contributed by atoms with Crippen LogP contribution in [0.15, 0.2) is 24.3 Å². The van der Waals surface area contributed by atoms with E-state index in [1.54, 1.807) is 12.1 Å². The molecular formula is C14H18F3NO. The molecule has 1 aliphatic carbocycles. The summed E-state index contributed by atoms with van der Waals surface area (Å²) in [5.41, 5.74) is 0.841. The van der Waals surface area contributed by atoms with E-state index in [-0.39, 0.29) is 5.75 Å². The minimum atomic E-state index is -4.63. The first-order valence-electron chi connectivity index (χ1n) is 6.55. The molecule has 2 atom stereocenters. The molecule has 1 saturated carbocycles. The van der Waals surface area contributed by atoms with Crippen molar-refractivity contribution in [3.05, 3.63) is 24.3 Å². The maximum Gasteiger partial charge on any atom is 0.573 e. The molecule has 0 spiro atoms. The molecule has 0 aromatic heterocycles. The number of benzene rings is 1. The highest BCUT2D eigenvalue weighted by Gasteiger charge is 2.31. The summed E-state index contributed by atoms with van der Waals surface area (Å²) >= 11 is 0. The van der Waals surface area contributed by atoms with Gasteiger partial charge in [0.25, 0.3) is 0 Å². The van der Waals surface area contributed by atoms with E-state index >= 15 is 0 Å². The number of ether oxygens (including phenoxy) is 1. The fourth-order valence-corrected chi connectivity index (χ4v) is 2.55. The summed E-state index contributed by atoms with van der Waals surface area (Å²) in [6.45, 7) is 2.23. The number of nitrogens with one attached hydrogen (secondary N) is 1. The van der Waals surface area contributed by atoms with Crippen LogP contribution >= 0.6 is 0 Å². The predicted octanol–water partition coefficient (Wildman–Crippen LogP) is 4.58. The lowest BCUT2D eigenvalue weighted by Crippen LogP contribution is -2.26. The SMILES string of the molecule is CC1CCCC(Nc2ccc(OC(F)(F)F)cc2)C1. The van der Waals surface area contributed by atoms with Crippen molar-refractivity contribution in [3.63, 3.8) is 0 Å². The molecule has 0 radical (unpaired) electrons. The zero-order valence-electron chi connectivity index (χ0n) is 10.8. The molecule has 2 rings (SSSR count). The van der Waals surface area contributed by atoms with Crippen LogP contribution in [0.2, 0.25) is 0 Å². The summed E-state index contributed by atoms with van der Waals surface area (Å²) in [6.07, 6.45) is 0.0599. The topological polar surface area (TPSA) is 21.3 Å². The van der Waals surface area contributed by atoms with Crippen molar-refractivity contribution < 1.29 is 17.9 Å². The van der Waals surface area contributed by atoms with Gasteiger partial charge in [-0.05, 0) is 43.0 Å². The zero-order chi connectivity index (χ0) is 13.9. The number of hydrogen-bond acceptors (Lipinski definition) is 2. The Bertz CT molecular complexity index is 402. The molecule has 0 saturated heterocycles. The highest BCUT2D eigenvalue weighted by molar-refractivity contribution is 5.47. The number of rotatable bonds is 3. The molecular weight excluding hydrogens is 255 g/mol. The van der Waals surface area contributed by atoms with Gasteiger partial charge >= 0.3 is 6.36 Å². The van der Waals surface area contributed by atoms with E-state index in [0.29, 0.717) is 12.0 Å². The molecule has 1 N–H and O–H groups in total. The van der Waals surface area contributed by atoms with Crippen LogP contribution in [-0.2, 0) is 0 Å². The van der Waals surface area contributed by atoms with E-state index in [2.05, 4.69) is 17.0 Å². The Balaban J connectivity index is 1.91. The van der Waals surface area contributed by atoms with Crippen LogP contribution in [-0.4, -0.2) is 12.4 Å². The third kappa shape index (κ3) is 4.65. The van der Waals surface area contributed by atoms with Crippen LogP contribution in [0, 0.1) is 5.92 Å². The van der Waals surface area contributed by atoms with Gasteiger partial charge in [-0.3, -0.25) is 0 Å². The van der Waals surface area contributed by atoms with Gasteiger partial charge in [-0.2, -0.15) is 0 Å². The average molecular weight is 273 g/mol. The second-order valence-corrected chi connectivity index (χ2v) is 5.19. The standard InChI is InChI=1S/C14H18F3NO/c1-10-3-2-4-12(9-10)18-11-5-7-13(8-6-11)19-14(15,16)17/h5-8,10,12,18H,2-4,9H2,1H3. The third-order valence-corrected chi connectivity index (χ3v) is 3.40. The Morgan fingerprint density at radius 1 is 1.16 bits per heavy atom. The first-order chi connectivity index (χ1) is 8.92. The Kier molecular flexibility index (Phi) is 4.22. The Hall–Kier alpha value is -1.39. The van der Waals surface area contributed by atoms with Crippen molar-refractivity contribution in [3.8, 4) is 5.75 Å². The van der Waals surface area contributed by atoms with Crippen LogP contribution < -0.4 is 10.1 Å². The normalized spacial score (nSPS) is 24.0. The lowest BCUT2D eigenvalue weighted by atomic mass is 9.87. The van der Waals surface area contributed by atoms with Crippen LogP contribution in [0.3, 0.4) is 0 Å². The predicted molar refractivity (Wildman–Crippen MR) is 68.2 cm³/mol. The van der Waals surface area contributed by atoms with Crippen LogP contribution in [0.1, 0.15) is 32.6 Å². The quantitative estimate of drug-likeness (QED) is 0.870. The summed E-state index contributed by atoms with van der Waals surface area (Å²) in [5.74, 6) is 0.522. The average Bonchev–Trinajstić information content (AvgIpc) is 2.30. The second kappa shape index (κ2) is 5.72. The first kappa shape index (κ1) is 14.0. The molecule has 1 aromatic carbocycles. The van der Waals surface area contributed by atoms with Crippen LogP contribution in [0.5, 0.6) is 5.75 Å². The lowest BCUT2D eigenvalue weighted by molar-refractivity contribution is -0.274.